The van der Waals surface area contributed by atoms with Gasteiger partial charge >= 0.3 is 0 Å². The molecule has 2 aromatic carbocycles. The Hall–Kier alpha value is -2.26. The minimum atomic E-state index is 0.687. The zero-order valence-corrected chi connectivity index (χ0v) is 10.9. The van der Waals surface area contributed by atoms with E-state index in [9.17, 15) is 0 Å². The Morgan fingerprint density at radius 3 is 2.89 bits per heavy atom. The molecule has 19 heavy (non-hydrogen) atoms. The van der Waals surface area contributed by atoms with Crippen LogP contribution in [0.3, 0.4) is 0 Å². The molecule has 0 aliphatic rings. The summed E-state index contributed by atoms with van der Waals surface area (Å²) in [5.74, 6) is 0. The molecular formula is C15H12ClN3. The predicted molar refractivity (Wildman–Crippen MR) is 81.0 cm³/mol. The van der Waals surface area contributed by atoms with E-state index in [1.807, 2.05) is 48.7 Å². The summed E-state index contributed by atoms with van der Waals surface area (Å²) in [7, 11) is 0. The van der Waals surface area contributed by atoms with Crippen LogP contribution in [0.2, 0.25) is 5.02 Å². The van der Waals surface area contributed by atoms with Crippen LogP contribution in [0.4, 0.5) is 5.69 Å². The first-order valence-corrected chi connectivity index (χ1v) is 6.31. The van der Waals surface area contributed by atoms with E-state index in [1.165, 1.54) is 0 Å². The summed E-state index contributed by atoms with van der Waals surface area (Å²) in [6.45, 7) is 0. The summed E-state index contributed by atoms with van der Waals surface area (Å²) in [6.07, 6.45) is 3.73. The van der Waals surface area contributed by atoms with Crippen LogP contribution in [0.25, 0.3) is 10.9 Å². The first-order valence-electron chi connectivity index (χ1n) is 5.94. The van der Waals surface area contributed by atoms with Crippen molar-refractivity contribution in [2.45, 2.75) is 0 Å². The maximum absolute atomic E-state index is 5.90. The van der Waals surface area contributed by atoms with Crippen molar-refractivity contribution in [3.05, 3.63) is 65.3 Å². The zero-order chi connectivity index (χ0) is 13.1. The highest BCUT2D eigenvalue weighted by Crippen LogP contribution is 2.17. The van der Waals surface area contributed by atoms with Gasteiger partial charge in [-0.15, -0.1) is 0 Å². The molecule has 0 saturated carbocycles. The average Bonchev–Trinajstić information content (AvgIpc) is 2.83. The molecule has 0 aliphatic heterocycles. The predicted octanol–water partition coefficient (Wildman–Crippen LogP) is 4.27. The number of hydrazone groups is 1. The molecule has 3 nitrogen and oxygen atoms in total. The Kier molecular flexibility index (Phi) is 3.21. The van der Waals surface area contributed by atoms with Gasteiger partial charge in [-0.1, -0.05) is 35.9 Å². The van der Waals surface area contributed by atoms with E-state index in [0.29, 0.717) is 5.02 Å². The molecule has 2 N–H and O–H groups in total. The molecule has 0 bridgehead atoms. The van der Waals surface area contributed by atoms with Gasteiger partial charge in [0.25, 0.3) is 0 Å². The number of hydrogen-bond acceptors (Lipinski definition) is 2. The Labute approximate surface area is 115 Å². The van der Waals surface area contributed by atoms with E-state index in [4.69, 9.17) is 11.6 Å². The number of aromatic amines is 1. The molecule has 1 heterocycles. The Morgan fingerprint density at radius 1 is 1.11 bits per heavy atom. The van der Waals surface area contributed by atoms with Crippen molar-refractivity contribution in [3.8, 4) is 0 Å². The molecule has 0 aliphatic carbocycles. The van der Waals surface area contributed by atoms with Gasteiger partial charge in [0.2, 0.25) is 0 Å². The number of nitrogens with one attached hydrogen (secondary N) is 2. The monoisotopic (exact) mass is 269 g/mol. The lowest BCUT2D eigenvalue weighted by molar-refractivity contribution is 1.35. The lowest BCUT2D eigenvalue weighted by Crippen LogP contribution is -1.89. The van der Waals surface area contributed by atoms with Gasteiger partial charge < -0.3 is 4.98 Å². The molecule has 0 atom stereocenters. The van der Waals surface area contributed by atoms with E-state index in [-0.39, 0.29) is 0 Å². The quantitative estimate of drug-likeness (QED) is 0.541. The molecular weight excluding hydrogens is 258 g/mol. The molecule has 0 radical (unpaired) electrons. The van der Waals surface area contributed by atoms with Crippen molar-refractivity contribution >= 4 is 34.4 Å². The van der Waals surface area contributed by atoms with Gasteiger partial charge in [0.1, 0.15) is 0 Å². The summed E-state index contributed by atoms with van der Waals surface area (Å²) >= 11 is 5.90. The second-order valence-electron chi connectivity index (χ2n) is 4.17. The fourth-order valence-corrected chi connectivity index (χ4v) is 2.13. The van der Waals surface area contributed by atoms with Crippen LogP contribution in [0.15, 0.2) is 59.8 Å². The second kappa shape index (κ2) is 5.16. The van der Waals surface area contributed by atoms with Gasteiger partial charge in [0.15, 0.2) is 0 Å². The average molecular weight is 270 g/mol. The fraction of sp³-hybridized carbons (Fsp3) is 0. The summed E-state index contributed by atoms with van der Waals surface area (Å²) in [5.41, 5.74) is 5.97. The fourth-order valence-electron chi connectivity index (χ4n) is 1.94. The van der Waals surface area contributed by atoms with Gasteiger partial charge in [-0.05, 0) is 24.3 Å². The van der Waals surface area contributed by atoms with Crippen molar-refractivity contribution in [1.82, 2.24) is 4.98 Å². The number of fused-ring (bicyclic) bond motifs is 1. The van der Waals surface area contributed by atoms with Crippen LogP contribution in [-0.2, 0) is 0 Å². The minimum Gasteiger partial charge on any atom is -0.361 e. The molecule has 1 aromatic heterocycles. The molecule has 0 amide bonds. The molecule has 94 valence electrons. The SMILES string of the molecule is Clc1cccc(NN=Cc2c[nH]c3ccccc23)c1. The van der Waals surface area contributed by atoms with Crippen LogP contribution >= 0.6 is 11.6 Å². The van der Waals surface area contributed by atoms with E-state index in [1.54, 1.807) is 6.21 Å². The Morgan fingerprint density at radius 2 is 2.00 bits per heavy atom. The number of aromatic nitrogens is 1. The molecule has 0 saturated heterocycles. The lowest BCUT2D eigenvalue weighted by atomic mass is 10.2. The number of anilines is 1. The first kappa shape index (κ1) is 11.8. The molecule has 0 spiro atoms. The Bertz CT molecular complexity index is 731. The summed E-state index contributed by atoms with van der Waals surface area (Å²) in [6, 6.07) is 15.6. The third-order valence-electron chi connectivity index (χ3n) is 2.84. The van der Waals surface area contributed by atoms with Gasteiger partial charge in [0.05, 0.1) is 11.9 Å². The van der Waals surface area contributed by atoms with Crippen LogP contribution in [0, 0.1) is 0 Å². The molecule has 3 aromatic rings. The topological polar surface area (TPSA) is 40.2 Å². The van der Waals surface area contributed by atoms with Gasteiger partial charge in [0, 0.05) is 27.7 Å². The molecule has 4 heteroatoms. The zero-order valence-electron chi connectivity index (χ0n) is 10.1. The van der Waals surface area contributed by atoms with Crippen LogP contribution in [0.1, 0.15) is 5.56 Å². The van der Waals surface area contributed by atoms with Crippen LogP contribution in [-0.4, -0.2) is 11.2 Å². The highest BCUT2D eigenvalue weighted by Gasteiger charge is 1.99. The molecule has 0 unspecified atom stereocenters. The standard InChI is InChI=1S/C15H12ClN3/c16-12-4-3-5-13(8-12)19-18-10-11-9-17-15-7-2-1-6-14(11)15/h1-10,17,19H. The highest BCUT2D eigenvalue weighted by molar-refractivity contribution is 6.30. The van der Waals surface area contributed by atoms with E-state index >= 15 is 0 Å². The molecule has 3 rings (SSSR count). The van der Waals surface area contributed by atoms with Crippen molar-refractivity contribution in [2.24, 2.45) is 5.10 Å². The number of hydrogen-bond donors (Lipinski definition) is 2. The number of halogens is 1. The first-order chi connectivity index (χ1) is 9.33. The smallest absolute Gasteiger partial charge is 0.0576 e. The van der Waals surface area contributed by atoms with Crippen LogP contribution in [0.5, 0.6) is 0 Å². The maximum atomic E-state index is 5.90. The number of benzene rings is 2. The number of rotatable bonds is 3. The highest BCUT2D eigenvalue weighted by atomic mass is 35.5. The van der Waals surface area contributed by atoms with Crippen molar-refractivity contribution in [3.63, 3.8) is 0 Å². The summed E-state index contributed by atoms with van der Waals surface area (Å²) in [5, 5.41) is 6.06. The van der Waals surface area contributed by atoms with Gasteiger partial charge in [-0.3, -0.25) is 5.43 Å². The number of nitrogens with zero attached hydrogens (tertiary/aromatic N) is 1. The summed E-state index contributed by atoms with van der Waals surface area (Å²) in [4.78, 5) is 3.21. The van der Waals surface area contributed by atoms with Gasteiger partial charge in [-0.2, -0.15) is 5.10 Å². The Balaban J connectivity index is 1.79. The lowest BCUT2D eigenvalue weighted by Gasteiger charge is -1.99. The number of para-hydroxylation sites is 1. The van der Waals surface area contributed by atoms with E-state index in [0.717, 1.165) is 22.2 Å². The normalized spacial score (nSPS) is 11.2. The maximum Gasteiger partial charge on any atom is 0.0576 e. The summed E-state index contributed by atoms with van der Waals surface area (Å²) < 4.78 is 0. The van der Waals surface area contributed by atoms with Crippen molar-refractivity contribution in [1.29, 1.82) is 0 Å². The minimum absolute atomic E-state index is 0.687. The van der Waals surface area contributed by atoms with E-state index in [2.05, 4.69) is 21.6 Å². The third kappa shape index (κ3) is 2.61. The van der Waals surface area contributed by atoms with Gasteiger partial charge in [-0.25, -0.2) is 0 Å². The van der Waals surface area contributed by atoms with Crippen molar-refractivity contribution < 1.29 is 0 Å². The van der Waals surface area contributed by atoms with E-state index < -0.39 is 0 Å². The molecule has 0 fully saturated rings. The van der Waals surface area contributed by atoms with Crippen LogP contribution < -0.4 is 5.43 Å². The number of H-pyrrole nitrogens is 1. The van der Waals surface area contributed by atoms with Crippen molar-refractivity contribution in [2.75, 3.05) is 5.43 Å². The third-order valence-corrected chi connectivity index (χ3v) is 3.08. The largest absolute Gasteiger partial charge is 0.361 e. The second-order valence-corrected chi connectivity index (χ2v) is 4.61.